The Morgan fingerprint density at radius 2 is 2.18 bits per heavy atom. The van der Waals surface area contributed by atoms with Crippen LogP contribution in [0.5, 0.6) is 0 Å². The zero-order valence-corrected chi connectivity index (χ0v) is 11.0. The molecule has 0 radical (unpaired) electrons. The number of rotatable bonds is 3. The Labute approximate surface area is 108 Å². The molecule has 1 unspecified atom stereocenters. The van der Waals surface area contributed by atoms with Crippen LogP contribution < -0.4 is 5.73 Å². The normalized spacial score (nSPS) is 12.7. The topological polar surface area (TPSA) is 39.2 Å². The summed E-state index contributed by atoms with van der Waals surface area (Å²) in [5, 5.41) is 0. The van der Waals surface area contributed by atoms with Gasteiger partial charge in [0.25, 0.3) is 0 Å². The summed E-state index contributed by atoms with van der Waals surface area (Å²) >= 11 is 3.16. The first kappa shape index (κ1) is 12.3. The van der Waals surface area contributed by atoms with Gasteiger partial charge in [-0.3, -0.25) is 0 Å². The minimum Gasteiger partial charge on any atom is -0.469 e. The molecule has 0 aliphatic heterocycles. The van der Waals surface area contributed by atoms with Gasteiger partial charge >= 0.3 is 0 Å². The molecule has 0 bridgehead atoms. The van der Waals surface area contributed by atoms with Gasteiger partial charge in [-0.15, -0.1) is 0 Å². The van der Waals surface area contributed by atoms with Crippen molar-refractivity contribution in [3.63, 3.8) is 0 Å². The molecule has 2 nitrogen and oxygen atoms in total. The first-order valence-corrected chi connectivity index (χ1v) is 6.19. The van der Waals surface area contributed by atoms with E-state index in [1.807, 2.05) is 13.0 Å². The Hall–Kier alpha value is -1.13. The minimum absolute atomic E-state index is 0.288. The lowest BCUT2D eigenvalue weighted by Crippen LogP contribution is -2.12. The van der Waals surface area contributed by atoms with E-state index in [0.717, 1.165) is 23.3 Å². The van der Waals surface area contributed by atoms with Gasteiger partial charge in [0.1, 0.15) is 11.6 Å². The summed E-state index contributed by atoms with van der Waals surface area (Å²) in [7, 11) is 0. The predicted molar refractivity (Wildman–Crippen MR) is 68.2 cm³/mol. The van der Waals surface area contributed by atoms with Crippen LogP contribution in [0.4, 0.5) is 4.39 Å². The lowest BCUT2D eigenvalue weighted by molar-refractivity contribution is 0.509. The largest absolute Gasteiger partial charge is 0.469 e. The van der Waals surface area contributed by atoms with Crippen molar-refractivity contribution in [1.29, 1.82) is 0 Å². The van der Waals surface area contributed by atoms with E-state index >= 15 is 0 Å². The Balaban J connectivity index is 2.36. The third kappa shape index (κ3) is 2.42. The van der Waals surface area contributed by atoms with Crippen molar-refractivity contribution in [3.05, 3.63) is 57.7 Å². The number of nitrogens with two attached hydrogens (primary N) is 1. The van der Waals surface area contributed by atoms with Gasteiger partial charge in [-0.2, -0.15) is 0 Å². The summed E-state index contributed by atoms with van der Waals surface area (Å²) < 4.78 is 18.9. The van der Waals surface area contributed by atoms with Crippen LogP contribution in [0.3, 0.4) is 0 Å². The first-order valence-electron chi connectivity index (χ1n) is 5.40. The summed E-state index contributed by atoms with van der Waals surface area (Å²) in [6, 6.07) is 6.37. The summed E-state index contributed by atoms with van der Waals surface area (Å²) in [6.45, 7) is 2.01. The first-order chi connectivity index (χ1) is 8.13. The molecule has 0 spiro atoms. The number of aryl methyl sites for hydroxylation is 1. The van der Waals surface area contributed by atoms with Gasteiger partial charge in [0.15, 0.2) is 0 Å². The highest BCUT2D eigenvalue weighted by atomic mass is 79.9. The maximum atomic E-state index is 13.1. The lowest BCUT2D eigenvalue weighted by atomic mass is 9.99. The molecule has 0 fully saturated rings. The van der Waals surface area contributed by atoms with E-state index in [4.69, 9.17) is 10.2 Å². The van der Waals surface area contributed by atoms with E-state index in [1.54, 1.807) is 18.4 Å². The Morgan fingerprint density at radius 3 is 2.82 bits per heavy atom. The van der Waals surface area contributed by atoms with Crippen LogP contribution in [0.15, 0.2) is 39.4 Å². The van der Waals surface area contributed by atoms with Gasteiger partial charge in [0.05, 0.1) is 16.8 Å². The van der Waals surface area contributed by atoms with E-state index in [-0.39, 0.29) is 11.9 Å². The zero-order valence-electron chi connectivity index (χ0n) is 9.41. The van der Waals surface area contributed by atoms with Crippen LogP contribution in [-0.4, -0.2) is 0 Å². The molecule has 2 rings (SSSR count). The Bertz CT molecular complexity index is 524. The quantitative estimate of drug-likeness (QED) is 0.936. The molecular weight excluding hydrogens is 285 g/mol. The van der Waals surface area contributed by atoms with Crippen molar-refractivity contribution in [2.75, 3.05) is 0 Å². The molecule has 1 aromatic heterocycles. The highest BCUT2D eigenvalue weighted by Gasteiger charge is 2.15. The molecule has 4 heteroatoms. The highest BCUT2D eigenvalue weighted by molar-refractivity contribution is 9.10. The average molecular weight is 298 g/mol. The third-order valence-corrected chi connectivity index (χ3v) is 3.35. The van der Waals surface area contributed by atoms with Gasteiger partial charge in [0.2, 0.25) is 0 Å². The number of benzene rings is 1. The molecule has 1 atom stereocenters. The minimum atomic E-state index is -0.291. The number of furan rings is 1. The molecule has 2 aromatic rings. The second-order valence-electron chi connectivity index (χ2n) is 3.80. The van der Waals surface area contributed by atoms with Crippen LogP contribution in [0.25, 0.3) is 0 Å². The van der Waals surface area contributed by atoms with Crippen LogP contribution >= 0.6 is 15.9 Å². The second-order valence-corrected chi connectivity index (χ2v) is 4.66. The van der Waals surface area contributed by atoms with Crippen molar-refractivity contribution in [2.45, 2.75) is 19.4 Å². The highest BCUT2D eigenvalue weighted by Crippen LogP contribution is 2.27. The summed E-state index contributed by atoms with van der Waals surface area (Å²) in [5.41, 5.74) is 7.96. The van der Waals surface area contributed by atoms with E-state index in [1.165, 1.54) is 6.07 Å². The number of hydrogen-bond acceptors (Lipinski definition) is 2. The van der Waals surface area contributed by atoms with Crippen molar-refractivity contribution < 1.29 is 8.81 Å². The fourth-order valence-corrected chi connectivity index (χ4v) is 2.20. The van der Waals surface area contributed by atoms with Crippen LogP contribution in [0, 0.1) is 5.82 Å². The van der Waals surface area contributed by atoms with Gasteiger partial charge < -0.3 is 10.2 Å². The summed E-state index contributed by atoms with van der Waals surface area (Å²) in [4.78, 5) is 0. The van der Waals surface area contributed by atoms with Gasteiger partial charge in [0, 0.05) is 12.0 Å². The standard InChI is InChI=1S/C13H13BrFNO/c1-2-12-9(5-6-17-12)13(16)8-3-4-11(15)10(14)7-8/h3-7,13H,2,16H2,1H3. The van der Waals surface area contributed by atoms with Crippen molar-refractivity contribution in [3.8, 4) is 0 Å². The average Bonchev–Trinajstić information content (AvgIpc) is 2.80. The van der Waals surface area contributed by atoms with E-state index in [2.05, 4.69) is 15.9 Å². The van der Waals surface area contributed by atoms with Crippen molar-refractivity contribution in [1.82, 2.24) is 0 Å². The molecule has 0 amide bonds. The molecular formula is C13H13BrFNO. The smallest absolute Gasteiger partial charge is 0.137 e. The molecule has 1 aromatic carbocycles. The third-order valence-electron chi connectivity index (χ3n) is 2.74. The van der Waals surface area contributed by atoms with Gasteiger partial charge in [-0.05, 0) is 39.7 Å². The van der Waals surface area contributed by atoms with E-state index in [9.17, 15) is 4.39 Å². The molecule has 17 heavy (non-hydrogen) atoms. The van der Waals surface area contributed by atoms with E-state index < -0.39 is 0 Å². The fourth-order valence-electron chi connectivity index (χ4n) is 1.80. The zero-order chi connectivity index (χ0) is 12.4. The lowest BCUT2D eigenvalue weighted by Gasteiger charge is -2.12. The van der Waals surface area contributed by atoms with E-state index in [0.29, 0.717) is 4.47 Å². The molecule has 2 N–H and O–H groups in total. The number of hydrogen-bond donors (Lipinski definition) is 1. The second kappa shape index (κ2) is 5.02. The Kier molecular flexibility index (Phi) is 3.64. The molecule has 1 heterocycles. The monoisotopic (exact) mass is 297 g/mol. The maximum absolute atomic E-state index is 13.1. The molecule has 90 valence electrons. The molecule has 0 aliphatic carbocycles. The maximum Gasteiger partial charge on any atom is 0.137 e. The van der Waals surface area contributed by atoms with Crippen LogP contribution in [0.1, 0.15) is 29.9 Å². The van der Waals surface area contributed by atoms with Crippen molar-refractivity contribution in [2.24, 2.45) is 5.73 Å². The van der Waals surface area contributed by atoms with Crippen LogP contribution in [0.2, 0.25) is 0 Å². The van der Waals surface area contributed by atoms with Crippen molar-refractivity contribution >= 4 is 15.9 Å². The van der Waals surface area contributed by atoms with Crippen LogP contribution in [-0.2, 0) is 6.42 Å². The Morgan fingerprint density at radius 1 is 1.41 bits per heavy atom. The molecule has 0 saturated carbocycles. The fraction of sp³-hybridized carbons (Fsp3) is 0.231. The van der Waals surface area contributed by atoms with Gasteiger partial charge in [-0.1, -0.05) is 13.0 Å². The SMILES string of the molecule is CCc1occc1C(N)c1ccc(F)c(Br)c1. The molecule has 0 aliphatic rings. The van der Waals surface area contributed by atoms with Gasteiger partial charge in [-0.25, -0.2) is 4.39 Å². The predicted octanol–water partition coefficient (Wildman–Crippen LogP) is 3.79. The summed E-state index contributed by atoms with van der Waals surface area (Å²) in [6.07, 6.45) is 2.42. The molecule has 0 saturated heterocycles. The summed E-state index contributed by atoms with van der Waals surface area (Å²) in [5.74, 6) is 0.585. The number of halogens is 2.